The Hall–Kier alpha value is -1.29. The minimum absolute atomic E-state index is 0.0319. The molecule has 0 unspecified atom stereocenters. The number of nitrogens with zero attached hydrogens (tertiary/aromatic N) is 1. The molecule has 0 spiro atoms. The van der Waals surface area contributed by atoms with Gasteiger partial charge in [-0.05, 0) is 31.9 Å². The van der Waals surface area contributed by atoms with Crippen molar-refractivity contribution in [3.8, 4) is 0 Å². The normalized spacial score (nSPS) is 17.2. The maximum Gasteiger partial charge on any atom is 0.267 e. The highest BCUT2D eigenvalue weighted by molar-refractivity contribution is 5.92. The van der Waals surface area contributed by atoms with E-state index in [4.69, 9.17) is 5.11 Å². The van der Waals surface area contributed by atoms with Gasteiger partial charge in [0.05, 0.1) is 6.61 Å². The van der Waals surface area contributed by atoms with Crippen LogP contribution >= 0.6 is 0 Å². The zero-order valence-electron chi connectivity index (χ0n) is 9.79. The number of carbonyl (C=O) groups excluding carboxylic acids is 1. The monoisotopic (exact) mass is 222 g/mol. The van der Waals surface area contributed by atoms with Gasteiger partial charge in [-0.1, -0.05) is 0 Å². The van der Waals surface area contributed by atoms with E-state index in [1.807, 2.05) is 30.7 Å². The van der Waals surface area contributed by atoms with Crippen molar-refractivity contribution in [1.82, 2.24) is 9.88 Å². The van der Waals surface area contributed by atoms with Gasteiger partial charge in [0, 0.05) is 24.7 Å². The number of rotatable bonds is 4. The van der Waals surface area contributed by atoms with E-state index < -0.39 is 0 Å². The van der Waals surface area contributed by atoms with Gasteiger partial charge in [0.15, 0.2) is 0 Å². The van der Waals surface area contributed by atoms with Gasteiger partial charge in [0.2, 0.25) is 0 Å². The lowest BCUT2D eigenvalue weighted by atomic mass is 10.1. The van der Waals surface area contributed by atoms with Crippen molar-refractivity contribution in [2.24, 2.45) is 12.5 Å². The second kappa shape index (κ2) is 3.94. The van der Waals surface area contributed by atoms with E-state index in [0.717, 1.165) is 18.5 Å². The number of aromatic nitrogens is 1. The highest BCUT2D eigenvalue weighted by Crippen LogP contribution is 2.44. The third-order valence-corrected chi connectivity index (χ3v) is 3.52. The molecule has 1 aliphatic carbocycles. The molecule has 1 heterocycles. The summed E-state index contributed by atoms with van der Waals surface area (Å²) in [6.45, 7) is 2.71. The van der Waals surface area contributed by atoms with E-state index >= 15 is 0 Å². The van der Waals surface area contributed by atoms with Gasteiger partial charge in [0.1, 0.15) is 5.69 Å². The Morgan fingerprint density at radius 2 is 2.25 bits per heavy atom. The molecule has 4 heteroatoms. The van der Waals surface area contributed by atoms with Crippen LogP contribution < -0.4 is 5.32 Å². The van der Waals surface area contributed by atoms with E-state index in [-0.39, 0.29) is 17.9 Å². The fourth-order valence-corrected chi connectivity index (χ4v) is 1.77. The number of aryl methyl sites for hydroxylation is 1. The lowest BCUT2D eigenvalue weighted by Crippen LogP contribution is -2.32. The predicted octanol–water partition coefficient (Wildman–Crippen LogP) is 0.836. The molecule has 1 amide bonds. The largest absolute Gasteiger partial charge is 0.396 e. The fourth-order valence-electron chi connectivity index (χ4n) is 1.77. The van der Waals surface area contributed by atoms with Gasteiger partial charge >= 0.3 is 0 Å². The summed E-state index contributed by atoms with van der Waals surface area (Å²) in [5.41, 5.74) is 1.70. The minimum Gasteiger partial charge on any atom is -0.396 e. The zero-order chi connectivity index (χ0) is 11.8. The molecule has 0 aromatic carbocycles. The standard InChI is InChI=1S/C12H18N2O2/c1-9-3-4-10(14(9)2)11(16)13-7-12(8-15)5-6-12/h3-4,15H,5-8H2,1-2H3,(H,13,16). The van der Waals surface area contributed by atoms with Crippen LogP contribution in [0, 0.1) is 12.3 Å². The minimum atomic E-state index is -0.0599. The highest BCUT2D eigenvalue weighted by atomic mass is 16.3. The van der Waals surface area contributed by atoms with Crippen LogP contribution in [0.2, 0.25) is 0 Å². The van der Waals surface area contributed by atoms with Crippen molar-refractivity contribution < 1.29 is 9.90 Å². The molecule has 1 fully saturated rings. The molecule has 1 saturated carbocycles. The average Bonchev–Trinajstić information content (AvgIpc) is 2.99. The molecule has 0 atom stereocenters. The Bertz CT molecular complexity index is 405. The smallest absolute Gasteiger partial charge is 0.267 e. The molecule has 0 saturated heterocycles. The highest BCUT2D eigenvalue weighted by Gasteiger charge is 2.42. The Morgan fingerprint density at radius 3 is 2.69 bits per heavy atom. The van der Waals surface area contributed by atoms with E-state index in [1.54, 1.807) is 0 Å². The number of hydrogen-bond donors (Lipinski definition) is 2. The van der Waals surface area contributed by atoms with E-state index in [9.17, 15) is 4.79 Å². The first kappa shape index (κ1) is 11.2. The Kier molecular flexibility index (Phi) is 2.76. The summed E-state index contributed by atoms with van der Waals surface area (Å²) >= 11 is 0. The molecule has 0 radical (unpaired) electrons. The average molecular weight is 222 g/mol. The van der Waals surface area contributed by atoms with Crippen LogP contribution in [-0.4, -0.2) is 28.7 Å². The van der Waals surface area contributed by atoms with Gasteiger partial charge in [0.25, 0.3) is 5.91 Å². The van der Waals surface area contributed by atoms with Crippen molar-refractivity contribution in [1.29, 1.82) is 0 Å². The second-order valence-electron chi connectivity index (χ2n) is 4.76. The molecule has 88 valence electrons. The lowest BCUT2D eigenvalue weighted by molar-refractivity contribution is 0.0927. The van der Waals surface area contributed by atoms with Crippen molar-refractivity contribution in [3.63, 3.8) is 0 Å². The number of aliphatic hydroxyl groups excluding tert-OH is 1. The first-order chi connectivity index (χ1) is 7.58. The van der Waals surface area contributed by atoms with Crippen molar-refractivity contribution >= 4 is 5.91 Å². The third kappa shape index (κ3) is 1.97. The van der Waals surface area contributed by atoms with Crippen LogP contribution in [0.15, 0.2) is 12.1 Å². The Balaban J connectivity index is 1.96. The van der Waals surface area contributed by atoms with Crippen LogP contribution in [0.25, 0.3) is 0 Å². The molecule has 1 aromatic heterocycles. The number of carbonyl (C=O) groups is 1. The summed E-state index contributed by atoms with van der Waals surface area (Å²) < 4.78 is 1.87. The maximum absolute atomic E-state index is 11.9. The molecular formula is C12H18N2O2. The van der Waals surface area contributed by atoms with Crippen molar-refractivity contribution in [2.45, 2.75) is 19.8 Å². The number of hydrogen-bond acceptors (Lipinski definition) is 2. The number of aliphatic hydroxyl groups is 1. The summed E-state index contributed by atoms with van der Waals surface area (Å²) in [5, 5.41) is 12.0. The van der Waals surface area contributed by atoms with Crippen LogP contribution in [0.4, 0.5) is 0 Å². The van der Waals surface area contributed by atoms with Gasteiger partial charge < -0.3 is 15.0 Å². The second-order valence-corrected chi connectivity index (χ2v) is 4.76. The molecule has 16 heavy (non-hydrogen) atoms. The van der Waals surface area contributed by atoms with E-state index in [2.05, 4.69) is 5.32 Å². The van der Waals surface area contributed by atoms with Gasteiger partial charge in [-0.2, -0.15) is 0 Å². The predicted molar refractivity (Wildman–Crippen MR) is 61.2 cm³/mol. The number of amides is 1. The molecular weight excluding hydrogens is 204 g/mol. The lowest BCUT2D eigenvalue weighted by Gasteiger charge is -2.13. The van der Waals surface area contributed by atoms with Crippen molar-refractivity contribution in [2.75, 3.05) is 13.2 Å². The maximum atomic E-state index is 11.9. The van der Waals surface area contributed by atoms with Crippen LogP contribution in [0.3, 0.4) is 0 Å². The summed E-state index contributed by atoms with van der Waals surface area (Å²) in [7, 11) is 1.88. The topological polar surface area (TPSA) is 54.3 Å². The molecule has 1 aromatic rings. The molecule has 1 aliphatic rings. The summed E-state index contributed by atoms with van der Waals surface area (Å²) in [6, 6.07) is 3.75. The SMILES string of the molecule is Cc1ccc(C(=O)NCC2(CO)CC2)n1C. The first-order valence-corrected chi connectivity index (χ1v) is 5.59. The summed E-state index contributed by atoms with van der Waals surface area (Å²) in [6.07, 6.45) is 2.02. The zero-order valence-corrected chi connectivity index (χ0v) is 9.79. The molecule has 0 bridgehead atoms. The first-order valence-electron chi connectivity index (χ1n) is 5.59. The van der Waals surface area contributed by atoms with Crippen LogP contribution in [0.1, 0.15) is 29.0 Å². The van der Waals surface area contributed by atoms with Gasteiger partial charge in [-0.25, -0.2) is 0 Å². The fraction of sp³-hybridized carbons (Fsp3) is 0.583. The van der Waals surface area contributed by atoms with Crippen LogP contribution in [0.5, 0.6) is 0 Å². The molecule has 0 aliphatic heterocycles. The Morgan fingerprint density at radius 1 is 1.56 bits per heavy atom. The van der Waals surface area contributed by atoms with Gasteiger partial charge in [-0.3, -0.25) is 4.79 Å². The summed E-state index contributed by atoms with van der Waals surface area (Å²) in [5.74, 6) is -0.0599. The quantitative estimate of drug-likeness (QED) is 0.793. The van der Waals surface area contributed by atoms with E-state index in [0.29, 0.717) is 12.2 Å². The Labute approximate surface area is 95.3 Å². The van der Waals surface area contributed by atoms with Crippen LogP contribution in [-0.2, 0) is 7.05 Å². The molecule has 2 N–H and O–H groups in total. The molecule has 2 rings (SSSR count). The van der Waals surface area contributed by atoms with E-state index in [1.165, 1.54) is 0 Å². The number of nitrogens with one attached hydrogen (secondary N) is 1. The third-order valence-electron chi connectivity index (χ3n) is 3.52. The molecule has 4 nitrogen and oxygen atoms in total. The van der Waals surface area contributed by atoms with Gasteiger partial charge in [-0.15, -0.1) is 0 Å². The van der Waals surface area contributed by atoms with Crippen molar-refractivity contribution in [3.05, 3.63) is 23.5 Å². The summed E-state index contributed by atoms with van der Waals surface area (Å²) in [4.78, 5) is 11.9.